The van der Waals surface area contributed by atoms with Crippen molar-refractivity contribution in [2.24, 2.45) is 16.6 Å². The van der Waals surface area contributed by atoms with Gasteiger partial charge in [0, 0.05) is 17.1 Å². The summed E-state index contributed by atoms with van der Waals surface area (Å²) in [6.07, 6.45) is 4.33. The van der Waals surface area contributed by atoms with Gasteiger partial charge in [-0.3, -0.25) is 4.79 Å². The largest absolute Gasteiger partial charge is 0.370 e. The number of aliphatic imine (C=N–C) groups is 1. The molecule has 0 bridgehead atoms. The molecule has 5 nitrogen and oxygen atoms in total. The van der Waals surface area contributed by atoms with Crippen LogP contribution in [-0.2, 0) is 11.3 Å². The van der Waals surface area contributed by atoms with Gasteiger partial charge in [-0.25, -0.2) is 4.99 Å². The quantitative estimate of drug-likeness (QED) is 0.590. The van der Waals surface area contributed by atoms with Crippen LogP contribution in [0.15, 0.2) is 29.3 Å². The summed E-state index contributed by atoms with van der Waals surface area (Å²) in [4.78, 5) is 16.5. The molecule has 4 N–H and O–H groups in total. The van der Waals surface area contributed by atoms with Crippen molar-refractivity contribution in [2.75, 3.05) is 5.32 Å². The lowest BCUT2D eigenvalue weighted by atomic mass is 10.1. The van der Waals surface area contributed by atoms with Crippen LogP contribution in [0.1, 0.15) is 52.0 Å². The maximum atomic E-state index is 12.2. The lowest BCUT2D eigenvalue weighted by Crippen LogP contribution is -2.44. The van der Waals surface area contributed by atoms with Gasteiger partial charge in [0.1, 0.15) is 0 Å². The van der Waals surface area contributed by atoms with Crippen LogP contribution >= 0.6 is 0 Å². The Hall–Kier alpha value is -2.04. The minimum Gasteiger partial charge on any atom is -0.370 e. The van der Waals surface area contributed by atoms with E-state index in [9.17, 15) is 4.79 Å². The molecule has 0 radical (unpaired) electrons. The molecule has 126 valence electrons. The molecule has 0 aliphatic heterocycles. The Morgan fingerprint density at radius 1 is 1.30 bits per heavy atom. The van der Waals surface area contributed by atoms with Gasteiger partial charge < -0.3 is 16.4 Å². The normalized spacial score (nSPS) is 16.4. The van der Waals surface area contributed by atoms with Gasteiger partial charge in [0.05, 0.1) is 6.54 Å². The van der Waals surface area contributed by atoms with Gasteiger partial charge in [-0.05, 0) is 51.3 Å². The lowest BCUT2D eigenvalue weighted by Gasteiger charge is -2.21. The maximum Gasteiger partial charge on any atom is 0.227 e. The fraction of sp³-hybridized carbons (Fsp3) is 0.556. The van der Waals surface area contributed by atoms with Gasteiger partial charge >= 0.3 is 0 Å². The lowest BCUT2D eigenvalue weighted by molar-refractivity contribution is -0.119. The molecule has 0 unspecified atom stereocenters. The number of hydrogen-bond donors (Lipinski definition) is 3. The van der Waals surface area contributed by atoms with Crippen LogP contribution < -0.4 is 16.4 Å². The van der Waals surface area contributed by atoms with E-state index in [0.717, 1.165) is 36.9 Å². The summed E-state index contributed by atoms with van der Waals surface area (Å²) < 4.78 is 0. The SMILES string of the molecule is CC(C)(C)NC(N)=NCc1cccc(NC(=O)C2CCCC2)c1. The van der Waals surface area contributed by atoms with E-state index in [1.54, 1.807) is 0 Å². The molecule has 1 saturated carbocycles. The van der Waals surface area contributed by atoms with Crippen LogP contribution in [0, 0.1) is 5.92 Å². The summed E-state index contributed by atoms with van der Waals surface area (Å²) in [6, 6.07) is 7.79. The topological polar surface area (TPSA) is 79.5 Å². The van der Waals surface area contributed by atoms with Crippen molar-refractivity contribution in [3.8, 4) is 0 Å². The molecule has 1 aromatic rings. The van der Waals surface area contributed by atoms with Gasteiger partial charge in [0.15, 0.2) is 5.96 Å². The van der Waals surface area contributed by atoms with Crippen molar-refractivity contribution in [1.82, 2.24) is 5.32 Å². The van der Waals surface area contributed by atoms with Crippen molar-refractivity contribution in [1.29, 1.82) is 0 Å². The molecule has 1 amide bonds. The van der Waals surface area contributed by atoms with Crippen molar-refractivity contribution in [3.05, 3.63) is 29.8 Å². The summed E-state index contributed by atoms with van der Waals surface area (Å²) in [5.41, 5.74) is 7.62. The van der Waals surface area contributed by atoms with E-state index in [0.29, 0.717) is 12.5 Å². The molecule has 2 rings (SSSR count). The molecular weight excluding hydrogens is 288 g/mol. The van der Waals surface area contributed by atoms with Crippen LogP contribution in [0.25, 0.3) is 0 Å². The second-order valence-electron chi connectivity index (χ2n) is 7.25. The number of carbonyl (C=O) groups is 1. The van der Waals surface area contributed by atoms with E-state index >= 15 is 0 Å². The van der Waals surface area contributed by atoms with Crippen molar-refractivity contribution < 1.29 is 4.79 Å². The van der Waals surface area contributed by atoms with Crippen molar-refractivity contribution in [2.45, 2.75) is 58.5 Å². The first kappa shape index (κ1) is 17.3. The monoisotopic (exact) mass is 316 g/mol. The van der Waals surface area contributed by atoms with Crippen LogP contribution in [0.4, 0.5) is 5.69 Å². The number of nitrogens with zero attached hydrogens (tertiary/aromatic N) is 1. The smallest absolute Gasteiger partial charge is 0.227 e. The second kappa shape index (κ2) is 7.49. The third-order valence-electron chi connectivity index (χ3n) is 3.86. The van der Waals surface area contributed by atoms with E-state index < -0.39 is 0 Å². The Morgan fingerprint density at radius 2 is 2.00 bits per heavy atom. The molecule has 0 saturated heterocycles. The number of benzene rings is 1. The number of nitrogens with two attached hydrogens (primary N) is 1. The number of nitrogens with one attached hydrogen (secondary N) is 2. The average molecular weight is 316 g/mol. The minimum absolute atomic E-state index is 0.106. The number of anilines is 1. The summed E-state index contributed by atoms with van der Waals surface area (Å²) in [5.74, 6) is 0.735. The van der Waals surface area contributed by atoms with Crippen LogP contribution in [0.2, 0.25) is 0 Å². The van der Waals surface area contributed by atoms with E-state index in [1.165, 1.54) is 0 Å². The Bertz CT molecular complexity index is 569. The van der Waals surface area contributed by atoms with Crippen molar-refractivity contribution in [3.63, 3.8) is 0 Å². The van der Waals surface area contributed by atoms with E-state index in [2.05, 4.69) is 15.6 Å². The first-order valence-electron chi connectivity index (χ1n) is 8.31. The highest BCUT2D eigenvalue weighted by Crippen LogP contribution is 2.26. The number of hydrogen-bond acceptors (Lipinski definition) is 2. The third-order valence-corrected chi connectivity index (χ3v) is 3.86. The summed E-state index contributed by atoms with van der Waals surface area (Å²) in [6.45, 7) is 6.60. The van der Waals surface area contributed by atoms with Crippen molar-refractivity contribution >= 4 is 17.6 Å². The van der Waals surface area contributed by atoms with Crippen LogP contribution in [0.3, 0.4) is 0 Å². The standard InChI is InChI=1S/C18H28N4O/c1-18(2,3)22-17(19)20-12-13-7-6-10-15(11-13)21-16(23)14-8-4-5-9-14/h6-7,10-11,14H,4-5,8-9,12H2,1-3H3,(H,21,23)(H3,19,20,22). The summed E-state index contributed by atoms with van der Waals surface area (Å²) in [7, 11) is 0. The van der Waals surface area contributed by atoms with Gasteiger partial charge in [0.2, 0.25) is 5.91 Å². The molecule has 5 heteroatoms. The summed E-state index contributed by atoms with van der Waals surface area (Å²) in [5, 5.41) is 6.15. The summed E-state index contributed by atoms with van der Waals surface area (Å²) >= 11 is 0. The predicted octanol–water partition coefficient (Wildman–Crippen LogP) is 3.02. The fourth-order valence-electron chi connectivity index (χ4n) is 2.78. The van der Waals surface area contributed by atoms with Gasteiger partial charge in [0.25, 0.3) is 0 Å². The molecule has 1 aliphatic rings. The average Bonchev–Trinajstić information content (AvgIpc) is 2.98. The van der Waals surface area contributed by atoms with E-state index in [1.807, 2.05) is 45.0 Å². The number of guanidine groups is 1. The first-order valence-corrected chi connectivity index (χ1v) is 8.31. The zero-order chi connectivity index (χ0) is 16.9. The van der Waals surface area contributed by atoms with Gasteiger partial charge in [-0.15, -0.1) is 0 Å². The molecule has 0 aromatic heterocycles. The minimum atomic E-state index is -0.106. The number of amides is 1. The number of carbonyl (C=O) groups excluding carboxylic acids is 1. The van der Waals surface area contributed by atoms with Crippen LogP contribution in [0.5, 0.6) is 0 Å². The molecule has 1 aromatic carbocycles. The molecular formula is C18H28N4O. The van der Waals surface area contributed by atoms with Crippen LogP contribution in [-0.4, -0.2) is 17.4 Å². The van der Waals surface area contributed by atoms with Gasteiger partial charge in [-0.2, -0.15) is 0 Å². The maximum absolute atomic E-state index is 12.2. The number of rotatable bonds is 4. The Morgan fingerprint density at radius 3 is 2.65 bits per heavy atom. The second-order valence-corrected chi connectivity index (χ2v) is 7.25. The Labute approximate surface area is 138 Å². The molecule has 23 heavy (non-hydrogen) atoms. The highest BCUT2D eigenvalue weighted by Gasteiger charge is 2.22. The zero-order valence-corrected chi connectivity index (χ0v) is 14.4. The molecule has 0 heterocycles. The molecule has 1 aliphatic carbocycles. The highest BCUT2D eigenvalue weighted by atomic mass is 16.1. The van der Waals surface area contributed by atoms with E-state index in [-0.39, 0.29) is 17.4 Å². The van der Waals surface area contributed by atoms with E-state index in [4.69, 9.17) is 5.73 Å². The zero-order valence-electron chi connectivity index (χ0n) is 14.4. The fourth-order valence-corrected chi connectivity index (χ4v) is 2.78. The predicted molar refractivity (Wildman–Crippen MR) is 95.2 cm³/mol. The molecule has 1 fully saturated rings. The molecule has 0 atom stereocenters. The van der Waals surface area contributed by atoms with Gasteiger partial charge in [-0.1, -0.05) is 25.0 Å². The molecule has 0 spiro atoms. The third kappa shape index (κ3) is 5.93. The Kier molecular flexibility index (Phi) is 5.64. The Balaban J connectivity index is 1.94. The highest BCUT2D eigenvalue weighted by molar-refractivity contribution is 5.92. The first-order chi connectivity index (χ1) is 10.8.